The normalized spacial score (nSPS) is 12.3. The first kappa shape index (κ1) is 18.3. The van der Waals surface area contributed by atoms with E-state index in [0.29, 0.717) is 10.2 Å². The Kier molecular flexibility index (Phi) is 6.73. The second kappa shape index (κ2) is 8.07. The Morgan fingerprint density at radius 2 is 1.95 bits per heavy atom. The molecule has 1 aromatic carbocycles. The Balaban J connectivity index is 2.92. The molecule has 8 heteroatoms. The summed E-state index contributed by atoms with van der Waals surface area (Å²) in [6.07, 6.45) is -3.90. The van der Waals surface area contributed by atoms with Crippen LogP contribution in [-0.4, -0.2) is 35.6 Å². The number of nitrogens with one attached hydrogen (secondary N) is 1. The average Bonchev–Trinajstić information content (AvgIpc) is 2.35. The number of benzene rings is 1. The van der Waals surface area contributed by atoms with Crippen molar-refractivity contribution in [2.75, 3.05) is 0 Å². The van der Waals surface area contributed by atoms with Gasteiger partial charge in [0.2, 0.25) is 6.43 Å². The Hall–Kier alpha value is -1.70. The van der Waals surface area contributed by atoms with E-state index in [1.165, 1.54) is 12.1 Å². The van der Waals surface area contributed by atoms with Crippen LogP contribution in [0.15, 0.2) is 22.7 Å². The van der Waals surface area contributed by atoms with Crippen molar-refractivity contribution in [1.82, 2.24) is 5.32 Å². The molecule has 0 aromatic heterocycles. The number of amides is 1. The molecule has 0 aliphatic heterocycles. The van der Waals surface area contributed by atoms with Gasteiger partial charge in [-0.2, -0.15) is 0 Å². The van der Waals surface area contributed by atoms with Crippen molar-refractivity contribution in [2.45, 2.75) is 38.8 Å². The van der Waals surface area contributed by atoms with Crippen LogP contribution < -0.4 is 10.1 Å². The van der Waals surface area contributed by atoms with Gasteiger partial charge in [0.25, 0.3) is 5.91 Å². The van der Waals surface area contributed by atoms with Crippen LogP contribution in [0.1, 0.15) is 30.6 Å². The van der Waals surface area contributed by atoms with E-state index in [1.807, 2.05) is 13.8 Å². The largest absolute Gasteiger partial charge is 0.491 e. The van der Waals surface area contributed by atoms with Gasteiger partial charge in [0.1, 0.15) is 11.8 Å². The Morgan fingerprint density at radius 3 is 2.45 bits per heavy atom. The van der Waals surface area contributed by atoms with E-state index in [2.05, 4.69) is 21.2 Å². The van der Waals surface area contributed by atoms with Crippen LogP contribution in [0.2, 0.25) is 0 Å². The van der Waals surface area contributed by atoms with Crippen molar-refractivity contribution in [1.29, 1.82) is 0 Å². The number of carboxylic acids is 1. The maximum Gasteiger partial charge on any atom is 0.326 e. The molecule has 1 unspecified atom stereocenters. The Labute approximate surface area is 134 Å². The highest BCUT2D eigenvalue weighted by atomic mass is 79.9. The fourth-order valence-electron chi connectivity index (χ4n) is 1.68. The number of halogens is 3. The van der Waals surface area contributed by atoms with E-state index in [9.17, 15) is 18.4 Å². The minimum Gasteiger partial charge on any atom is -0.491 e. The predicted molar refractivity (Wildman–Crippen MR) is 79.4 cm³/mol. The maximum absolute atomic E-state index is 12.3. The first-order valence-corrected chi connectivity index (χ1v) is 7.27. The molecule has 0 saturated carbocycles. The van der Waals surface area contributed by atoms with E-state index in [1.54, 1.807) is 6.07 Å². The van der Waals surface area contributed by atoms with Gasteiger partial charge in [-0.3, -0.25) is 4.79 Å². The van der Waals surface area contributed by atoms with Crippen LogP contribution >= 0.6 is 15.9 Å². The molecule has 0 bridgehead atoms. The fraction of sp³-hybridized carbons (Fsp3) is 0.429. The summed E-state index contributed by atoms with van der Waals surface area (Å²) in [5, 5.41) is 10.9. The summed E-state index contributed by atoms with van der Waals surface area (Å²) < 4.78 is 30.7. The third kappa shape index (κ3) is 5.97. The summed E-state index contributed by atoms with van der Waals surface area (Å²) >= 11 is 3.21. The smallest absolute Gasteiger partial charge is 0.326 e. The zero-order valence-electron chi connectivity index (χ0n) is 12.0. The molecule has 0 fully saturated rings. The standard InChI is InChI=1S/C14H16BrF2NO4/c1-7(2)22-10-4-8(3-9(15)5-10)13(19)18-11(14(20)21)6-12(16)17/h3-5,7,11-12H,6H2,1-2H3,(H,18,19)(H,20,21). The summed E-state index contributed by atoms with van der Waals surface area (Å²) in [6.45, 7) is 3.62. The quantitative estimate of drug-likeness (QED) is 0.763. The van der Waals surface area contributed by atoms with Crippen molar-refractivity contribution in [3.05, 3.63) is 28.2 Å². The highest BCUT2D eigenvalue weighted by Crippen LogP contribution is 2.22. The van der Waals surface area contributed by atoms with Gasteiger partial charge in [-0.05, 0) is 32.0 Å². The van der Waals surface area contributed by atoms with E-state index >= 15 is 0 Å². The number of hydrogen-bond donors (Lipinski definition) is 2. The molecular weight excluding hydrogens is 364 g/mol. The average molecular weight is 380 g/mol. The first-order chi connectivity index (χ1) is 10.2. The van der Waals surface area contributed by atoms with Crippen LogP contribution in [0.5, 0.6) is 5.75 Å². The summed E-state index contributed by atoms with van der Waals surface area (Å²) in [6, 6.07) is 2.86. The molecule has 1 rings (SSSR count). The van der Waals surface area contributed by atoms with Crippen LogP contribution in [0.3, 0.4) is 0 Å². The predicted octanol–water partition coefficient (Wildman–Crippen LogP) is 3.07. The third-order valence-corrected chi connectivity index (χ3v) is 2.98. The minimum absolute atomic E-state index is 0.115. The fourth-order valence-corrected chi connectivity index (χ4v) is 2.15. The van der Waals surface area contributed by atoms with Crippen LogP contribution in [0, 0.1) is 0 Å². The zero-order valence-corrected chi connectivity index (χ0v) is 13.6. The maximum atomic E-state index is 12.3. The lowest BCUT2D eigenvalue weighted by Crippen LogP contribution is -2.42. The van der Waals surface area contributed by atoms with Crippen molar-refractivity contribution < 1.29 is 28.2 Å². The van der Waals surface area contributed by atoms with E-state index in [0.717, 1.165) is 0 Å². The molecule has 0 radical (unpaired) electrons. The second-order valence-corrected chi connectivity index (χ2v) is 5.75. The lowest BCUT2D eigenvalue weighted by Gasteiger charge is -2.15. The van der Waals surface area contributed by atoms with Crippen LogP contribution in [0.25, 0.3) is 0 Å². The van der Waals surface area contributed by atoms with Crippen LogP contribution in [0.4, 0.5) is 8.78 Å². The Bertz CT molecular complexity index is 552. The number of rotatable bonds is 7. The summed E-state index contributed by atoms with van der Waals surface area (Å²) in [5.74, 6) is -1.86. The number of carboxylic acid groups (broad SMARTS) is 1. The monoisotopic (exact) mass is 379 g/mol. The van der Waals surface area contributed by atoms with Gasteiger partial charge in [0.15, 0.2) is 0 Å². The molecule has 0 heterocycles. The van der Waals surface area contributed by atoms with E-state index < -0.39 is 30.8 Å². The molecular formula is C14H16BrF2NO4. The number of ether oxygens (including phenoxy) is 1. The molecule has 0 spiro atoms. The van der Waals surface area contributed by atoms with E-state index in [-0.39, 0.29) is 11.7 Å². The number of hydrogen-bond acceptors (Lipinski definition) is 3. The molecule has 1 amide bonds. The van der Waals surface area contributed by atoms with Crippen molar-refractivity contribution in [2.24, 2.45) is 0 Å². The third-order valence-electron chi connectivity index (χ3n) is 2.52. The van der Waals surface area contributed by atoms with Gasteiger partial charge in [0.05, 0.1) is 6.10 Å². The van der Waals surface area contributed by atoms with Crippen molar-refractivity contribution >= 4 is 27.8 Å². The van der Waals surface area contributed by atoms with Gasteiger partial charge in [-0.15, -0.1) is 0 Å². The molecule has 0 aliphatic carbocycles. The van der Waals surface area contributed by atoms with Crippen molar-refractivity contribution in [3.8, 4) is 5.75 Å². The molecule has 5 nitrogen and oxygen atoms in total. The molecule has 1 aromatic rings. The highest BCUT2D eigenvalue weighted by Gasteiger charge is 2.25. The molecule has 1 atom stereocenters. The first-order valence-electron chi connectivity index (χ1n) is 6.48. The molecule has 2 N–H and O–H groups in total. The van der Waals surface area contributed by atoms with Gasteiger partial charge in [0, 0.05) is 16.5 Å². The number of carbonyl (C=O) groups is 2. The van der Waals surface area contributed by atoms with E-state index in [4.69, 9.17) is 9.84 Å². The van der Waals surface area contributed by atoms with Crippen molar-refractivity contribution in [3.63, 3.8) is 0 Å². The summed E-state index contributed by atoms with van der Waals surface area (Å²) in [4.78, 5) is 22.9. The Morgan fingerprint density at radius 1 is 1.32 bits per heavy atom. The van der Waals surface area contributed by atoms with Gasteiger partial charge >= 0.3 is 5.97 Å². The van der Waals surface area contributed by atoms with Gasteiger partial charge in [-0.25, -0.2) is 13.6 Å². The van der Waals surface area contributed by atoms with Gasteiger partial charge < -0.3 is 15.2 Å². The SMILES string of the molecule is CC(C)Oc1cc(Br)cc(C(=O)NC(CC(F)F)C(=O)O)c1. The number of aliphatic carboxylic acids is 1. The van der Waals surface area contributed by atoms with Crippen LogP contribution in [-0.2, 0) is 4.79 Å². The zero-order chi connectivity index (χ0) is 16.9. The highest BCUT2D eigenvalue weighted by molar-refractivity contribution is 9.10. The number of alkyl halides is 2. The molecule has 122 valence electrons. The number of carbonyl (C=O) groups excluding carboxylic acids is 1. The lowest BCUT2D eigenvalue weighted by atomic mass is 10.1. The summed E-state index contributed by atoms with van der Waals surface area (Å²) in [7, 11) is 0. The molecule has 22 heavy (non-hydrogen) atoms. The topological polar surface area (TPSA) is 75.6 Å². The molecule has 0 saturated heterocycles. The van der Waals surface area contributed by atoms with Gasteiger partial charge in [-0.1, -0.05) is 15.9 Å². The minimum atomic E-state index is -2.83. The second-order valence-electron chi connectivity index (χ2n) is 4.83. The molecule has 0 aliphatic rings. The lowest BCUT2D eigenvalue weighted by molar-refractivity contribution is -0.140. The summed E-state index contributed by atoms with van der Waals surface area (Å²) in [5.41, 5.74) is 0.116.